The van der Waals surface area contributed by atoms with Crippen LogP contribution in [-0.4, -0.2) is 4.98 Å². The first-order valence-corrected chi connectivity index (χ1v) is 13.5. The molecule has 2 nitrogen and oxygen atoms in total. The molecule has 0 aliphatic heterocycles. The van der Waals surface area contributed by atoms with Crippen molar-refractivity contribution < 1.29 is 35.5 Å². The molecular formula is C31H20F7NOS. The molecule has 0 amide bonds. The summed E-state index contributed by atoms with van der Waals surface area (Å²) in [5.74, 6) is -9.30. The summed E-state index contributed by atoms with van der Waals surface area (Å²) in [7, 11) is 0. The predicted octanol–water partition coefficient (Wildman–Crippen LogP) is 9.58. The molecule has 1 heterocycles. The summed E-state index contributed by atoms with van der Waals surface area (Å²) in [5.41, 5.74) is 3.40. The van der Waals surface area contributed by atoms with Gasteiger partial charge in [-0.1, -0.05) is 31.2 Å². The average Bonchev–Trinajstić information content (AvgIpc) is 3.34. The fourth-order valence-corrected chi connectivity index (χ4v) is 6.10. The van der Waals surface area contributed by atoms with E-state index in [1.165, 1.54) is 11.1 Å². The summed E-state index contributed by atoms with van der Waals surface area (Å²) in [4.78, 5) is 4.41. The zero-order chi connectivity index (χ0) is 29.1. The van der Waals surface area contributed by atoms with E-state index < -0.39 is 46.5 Å². The molecule has 5 aromatic rings. The van der Waals surface area contributed by atoms with Gasteiger partial charge in [-0.3, -0.25) is 0 Å². The molecule has 0 bridgehead atoms. The number of aromatic nitrogens is 1. The van der Waals surface area contributed by atoms with E-state index in [-0.39, 0.29) is 22.7 Å². The Morgan fingerprint density at radius 1 is 0.780 bits per heavy atom. The van der Waals surface area contributed by atoms with E-state index in [9.17, 15) is 30.7 Å². The van der Waals surface area contributed by atoms with E-state index in [2.05, 4.69) is 34.8 Å². The SMILES string of the molecule is CC1CCc2cc(-c3ccc4nc(-c5cc(F)c(C(F)(F)Oc6cc(F)c(F)c(F)c6)c(F)c5)sc4c3)ccc2C1. The number of ether oxygens (including phenoxy) is 1. The maximum Gasteiger partial charge on any atom is 0.432 e. The van der Waals surface area contributed by atoms with Crippen LogP contribution in [0.2, 0.25) is 0 Å². The Kier molecular flexibility index (Phi) is 6.76. The largest absolute Gasteiger partial charge is 0.432 e. The van der Waals surface area contributed by atoms with Gasteiger partial charge in [0, 0.05) is 17.7 Å². The van der Waals surface area contributed by atoms with E-state index in [1.807, 2.05) is 12.1 Å². The van der Waals surface area contributed by atoms with Crippen molar-refractivity contribution in [3.8, 4) is 27.4 Å². The first-order valence-electron chi connectivity index (χ1n) is 12.7. The van der Waals surface area contributed by atoms with Crippen LogP contribution in [0.15, 0.2) is 60.7 Å². The molecule has 1 aliphatic rings. The fraction of sp³-hybridized carbons (Fsp3) is 0.194. The molecule has 0 N–H and O–H groups in total. The lowest BCUT2D eigenvalue weighted by Crippen LogP contribution is -2.25. The van der Waals surface area contributed by atoms with Gasteiger partial charge in [0.2, 0.25) is 0 Å². The first kappa shape index (κ1) is 27.3. The molecule has 0 saturated carbocycles. The number of halogens is 7. The summed E-state index contributed by atoms with van der Waals surface area (Å²) in [6.45, 7) is 2.25. The van der Waals surface area contributed by atoms with Gasteiger partial charge in [0.1, 0.15) is 28.0 Å². The highest BCUT2D eigenvalue weighted by Crippen LogP contribution is 2.40. The molecule has 6 rings (SSSR count). The standard InChI is InChI=1S/C31H20F7NOS/c1-15-2-3-17-9-18(5-4-16(17)8-15)19-6-7-26-27(12-19)41-30(39-26)20-10-22(32)28(23(33)11-20)31(37,38)40-21-13-24(34)29(36)25(35)14-21/h4-7,9-15H,2-3,8H2,1H3. The Bertz CT molecular complexity index is 1770. The molecule has 10 heteroatoms. The van der Waals surface area contributed by atoms with Crippen molar-refractivity contribution >= 4 is 21.6 Å². The van der Waals surface area contributed by atoms with Gasteiger partial charge in [-0.2, -0.15) is 8.78 Å². The number of benzene rings is 4. The summed E-state index contributed by atoms with van der Waals surface area (Å²) in [5, 5.41) is 0.202. The second-order valence-corrected chi connectivity index (χ2v) is 11.2. The van der Waals surface area contributed by atoms with Crippen LogP contribution in [0.4, 0.5) is 30.7 Å². The van der Waals surface area contributed by atoms with Gasteiger partial charge >= 0.3 is 6.11 Å². The average molecular weight is 588 g/mol. The molecule has 41 heavy (non-hydrogen) atoms. The highest BCUT2D eigenvalue weighted by Gasteiger charge is 2.41. The predicted molar refractivity (Wildman–Crippen MR) is 142 cm³/mol. The Labute approximate surface area is 234 Å². The van der Waals surface area contributed by atoms with Crippen molar-refractivity contribution in [2.45, 2.75) is 32.3 Å². The highest BCUT2D eigenvalue weighted by molar-refractivity contribution is 7.21. The maximum absolute atomic E-state index is 14.9. The van der Waals surface area contributed by atoms with Crippen LogP contribution in [-0.2, 0) is 19.0 Å². The van der Waals surface area contributed by atoms with Gasteiger partial charge in [-0.15, -0.1) is 11.3 Å². The van der Waals surface area contributed by atoms with Crippen LogP contribution in [0, 0.1) is 35.0 Å². The van der Waals surface area contributed by atoms with Crippen LogP contribution >= 0.6 is 11.3 Å². The second-order valence-electron chi connectivity index (χ2n) is 10.2. The van der Waals surface area contributed by atoms with Gasteiger partial charge in [0.05, 0.1) is 10.2 Å². The molecule has 4 aromatic carbocycles. The number of aryl methyl sites for hydroxylation is 1. The normalized spacial score (nSPS) is 15.3. The van der Waals surface area contributed by atoms with Gasteiger partial charge in [0.15, 0.2) is 17.5 Å². The highest BCUT2D eigenvalue weighted by atomic mass is 32.1. The Morgan fingerprint density at radius 2 is 1.44 bits per heavy atom. The monoisotopic (exact) mass is 587 g/mol. The van der Waals surface area contributed by atoms with Crippen molar-refractivity contribution in [3.63, 3.8) is 0 Å². The number of hydrogen-bond acceptors (Lipinski definition) is 3. The van der Waals surface area contributed by atoms with Gasteiger partial charge in [-0.25, -0.2) is 26.9 Å². The number of rotatable bonds is 5. The van der Waals surface area contributed by atoms with E-state index in [0.717, 1.165) is 46.4 Å². The third-order valence-electron chi connectivity index (χ3n) is 7.19. The molecule has 210 valence electrons. The first-order chi connectivity index (χ1) is 19.5. The molecule has 0 fully saturated rings. The quantitative estimate of drug-likeness (QED) is 0.151. The molecule has 1 aliphatic carbocycles. The van der Waals surface area contributed by atoms with Gasteiger partial charge in [-0.05, 0) is 71.7 Å². The summed E-state index contributed by atoms with van der Waals surface area (Å²) < 4.78 is 104. The van der Waals surface area contributed by atoms with E-state index in [1.54, 1.807) is 6.07 Å². The fourth-order valence-electron chi connectivity index (χ4n) is 5.11. The van der Waals surface area contributed by atoms with Crippen LogP contribution < -0.4 is 4.74 Å². The smallest absolute Gasteiger partial charge is 0.429 e. The Morgan fingerprint density at radius 3 is 2.15 bits per heavy atom. The van der Waals surface area contributed by atoms with E-state index >= 15 is 0 Å². The third kappa shape index (κ3) is 5.16. The van der Waals surface area contributed by atoms with E-state index in [4.69, 9.17) is 0 Å². The van der Waals surface area contributed by atoms with Crippen molar-refractivity contribution in [3.05, 3.63) is 106 Å². The number of fused-ring (bicyclic) bond motifs is 2. The van der Waals surface area contributed by atoms with Crippen LogP contribution in [0.25, 0.3) is 31.9 Å². The number of hydrogen-bond donors (Lipinski definition) is 0. The molecule has 0 radical (unpaired) electrons. The number of alkyl halides is 2. The molecule has 1 unspecified atom stereocenters. The molecule has 0 saturated heterocycles. The second kappa shape index (κ2) is 10.2. The van der Waals surface area contributed by atoms with Gasteiger partial charge in [0.25, 0.3) is 0 Å². The van der Waals surface area contributed by atoms with Crippen molar-refractivity contribution in [2.24, 2.45) is 5.92 Å². The number of thiazole rings is 1. The van der Waals surface area contributed by atoms with Crippen LogP contribution in [0.1, 0.15) is 30.0 Å². The third-order valence-corrected chi connectivity index (χ3v) is 8.25. The molecule has 0 spiro atoms. The van der Waals surface area contributed by atoms with Crippen molar-refractivity contribution in [2.75, 3.05) is 0 Å². The van der Waals surface area contributed by atoms with Crippen LogP contribution in [0.5, 0.6) is 5.75 Å². The van der Waals surface area contributed by atoms with Crippen molar-refractivity contribution in [1.29, 1.82) is 0 Å². The van der Waals surface area contributed by atoms with E-state index in [0.29, 0.717) is 23.6 Å². The van der Waals surface area contributed by atoms with Gasteiger partial charge < -0.3 is 4.74 Å². The lowest BCUT2D eigenvalue weighted by molar-refractivity contribution is -0.189. The Balaban J connectivity index is 1.30. The lowest BCUT2D eigenvalue weighted by atomic mass is 9.83. The minimum Gasteiger partial charge on any atom is -0.429 e. The molecule has 1 atom stereocenters. The number of nitrogens with zero attached hydrogens (tertiary/aromatic N) is 1. The minimum absolute atomic E-state index is 0.0796. The van der Waals surface area contributed by atoms with Crippen LogP contribution in [0.3, 0.4) is 0 Å². The maximum atomic E-state index is 14.9. The topological polar surface area (TPSA) is 22.1 Å². The summed E-state index contributed by atoms with van der Waals surface area (Å²) >= 11 is 1.14. The summed E-state index contributed by atoms with van der Waals surface area (Å²) in [6, 6.07) is 13.7. The zero-order valence-electron chi connectivity index (χ0n) is 21.4. The zero-order valence-corrected chi connectivity index (χ0v) is 22.2. The lowest BCUT2D eigenvalue weighted by Gasteiger charge is -2.22. The van der Waals surface area contributed by atoms with Crippen molar-refractivity contribution in [1.82, 2.24) is 4.98 Å². The summed E-state index contributed by atoms with van der Waals surface area (Å²) in [6.07, 6.45) is -1.45. The minimum atomic E-state index is -4.67. The Hall–Kier alpha value is -3.92. The molecule has 1 aromatic heterocycles. The molecular weight excluding hydrogens is 567 g/mol.